The number of hydrogen-bond donors (Lipinski definition) is 2. The Morgan fingerprint density at radius 2 is 1.61 bits per heavy atom. The summed E-state index contributed by atoms with van der Waals surface area (Å²) < 4.78 is 31.7. The Balaban J connectivity index is 0.000000345. The SMILES string of the molecule is Cc1cc(C)cc(Sc2ccccc2N2CCNCC2)c1.O=C(O)C(F)(F)F. The molecule has 1 aliphatic rings. The number of alkyl halides is 3. The van der Waals surface area contributed by atoms with E-state index in [1.165, 1.54) is 26.6 Å². The van der Waals surface area contributed by atoms with Crippen molar-refractivity contribution in [3.63, 3.8) is 0 Å². The van der Waals surface area contributed by atoms with Gasteiger partial charge in [0.15, 0.2) is 0 Å². The fourth-order valence-electron chi connectivity index (χ4n) is 2.83. The van der Waals surface area contributed by atoms with Crippen LogP contribution in [0.5, 0.6) is 0 Å². The summed E-state index contributed by atoms with van der Waals surface area (Å²) in [6.45, 7) is 8.65. The Hall–Kier alpha value is -2.19. The highest BCUT2D eigenvalue weighted by Crippen LogP contribution is 2.36. The molecule has 8 heteroatoms. The molecule has 4 nitrogen and oxygen atoms in total. The van der Waals surface area contributed by atoms with Crippen LogP contribution in [0.1, 0.15) is 11.1 Å². The molecule has 3 rings (SSSR count). The Bertz CT molecular complexity index is 786. The average molecular weight is 412 g/mol. The molecule has 28 heavy (non-hydrogen) atoms. The predicted octanol–water partition coefficient (Wildman–Crippen LogP) is 4.50. The lowest BCUT2D eigenvalue weighted by Crippen LogP contribution is -2.43. The molecule has 1 saturated heterocycles. The Labute approximate surface area is 166 Å². The number of benzene rings is 2. The van der Waals surface area contributed by atoms with E-state index in [-0.39, 0.29) is 0 Å². The first-order chi connectivity index (χ1) is 13.2. The topological polar surface area (TPSA) is 52.6 Å². The number of anilines is 1. The normalized spacial score (nSPS) is 14.2. The molecule has 0 bridgehead atoms. The van der Waals surface area contributed by atoms with Gasteiger partial charge >= 0.3 is 12.1 Å². The summed E-state index contributed by atoms with van der Waals surface area (Å²) in [5.41, 5.74) is 4.03. The summed E-state index contributed by atoms with van der Waals surface area (Å²) in [5, 5.41) is 10.5. The lowest BCUT2D eigenvalue weighted by atomic mass is 10.2. The highest BCUT2D eigenvalue weighted by molar-refractivity contribution is 7.99. The third kappa shape index (κ3) is 6.76. The van der Waals surface area contributed by atoms with E-state index in [4.69, 9.17) is 9.90 Å². The van der Waals surface area contributed by atoms with Crippen molar-refractivity contribution in [2.24, 2.45) is 0 Å². The molecule has 0 aromatic heterocycles. The van der Waals surface area contributed by atoms with Gasteiger partial charge in [0.1, 0.15) is 0 Å². The smallest absolute Gasteiger partial charge is 0.475 e. The van der Waals surface area contributed by atoms with Gasteiger partial charge in [-0.05, 0) is 49.2 Å². The third-order valence-electron chi connectivity index (χ3n) is 3.99. The quantitative estimate of drug-likeness (QED) is 0.778. The van der Waals surface area contributed by atoms with Crippen molar-refractivity contribution in [3.05, 3.63) is 53.6 Å². The van der Waals surface area contributed by atoms with Gasteiger partial charge in [0, 0.05) is 36.0 Å². The summed E-state index contributed by atoms with van der Waals surface area (Å²) in [4.78, 5) is 14.1. The zero-order chi connectivity index (χ0) is 20.7. The van der Waals surface area contributed by atoms with Gasteiger partial charge in [0.05, 0.1) is 5.69 Å². The Kier molecular flexibility index (Phi) is 7.77. The number of piperazine rings is 1. The third-order valence-corrected chi connectivity index (χ3v) is 5.02. The van der Waals surface area contributed by atoms with Crippen molar-refractivity contribution in [1.29, 1.82) is 0 Å². The van der Waals surface area contributed by atoms with Crippen molar-refractivity contribution < 1.29 is 23.1 Å². The zero-order valence-corrected chi connectivity index (χ0v) is 16.5. The molecule has 0 unspecified atom stereocenters. The van der Waals surface area contributed by atoms with Gasteiger partial charge in [-0.25, -0.2) is 4.79 Å². The molecule has 2 aromatic carbocycles. The van der Waals surface area contributed by atoms with Crippen LogP contribution in [0.3, 0.4) is 0 Å². The van der Waals surface area contributed by atoms with E-state index in [1.807, 2.05) is 11.8 Å². The number of aryl methyl sites for hydroxylation is 2. The molecular weight excluding hydrogens is 389 g/mol. The van der Waals surface area contributed by atoms with Gasteiger partial charge in [-0.1, -0.05) is 30.0 Å². The number of para-hydroxylation sites is 1. The van der Waals surface area contributed by atoms with Gasteiger partial charge < -0.3 is 15.3 Å². The first-order valence-electron chi connectivity index (χ1n) is 8.78. The van der Waals surface area contributed by atoms with Crippen LogP contribution in [0.4, 0.5) is 18.9 Å². The molecule has 0 radical (unpaired) electrons. The minimum Gasteiger partial charge on any atom is -0.475 e. The van der Waals surface area contributed by atoms with E-state index in [0.717, 1.165) is 26.2 Å². The van der Waals surface area contributed by atoms with E-state index in [0.29, 0.717) is 0 Å². The van der Waals surface area contributed by atoms with Gasteiger partial charge in [-0.2, -0.15) is 13.2 Å². The standard InChI is InChI=1S/C18H22N2S.C2HF3O2/c1-14-11-15(2)13-16(12-14)21-18-6-4-3-5-17(18)20-9-7-19-8-10-20;3-2(4,5)1(6)7/h3-6,11-13,19H,7-10H2,1-2H3;(H,6,7). The molecule has 0 atom stereocenters. The summed E-state index contributed by atoms with van der Waals surface area (Å²) in [6, 6.07) is 15.5. The summed E-state index contributed by atoms with van der Waals surface area (Å²) in [6.07, 6.45) is -5.08. The van der Waals surface area contributed by atoms with Crippen LogP contribution in [-0.2, 0) is 4.79 Å². The molecule has 1 fully saturated rings. The first-order valence-corrected chi connectivity index (χ1v) is 9.59. The van der Waals surface area contributed by atoms with Crippen LogP contribution in [-0.4, -0.2) is 43.4 Å². The lowest BCUT2D eigenvalue weighted by molar-refractivity contribution is -0.192. The molecule has 2 N–H and O–H groups in total. The number of carbonyl (C=O) groups is 1. The molecule has 0 aliphatic carbocycles. The number of aliphatic carboxylic acids is 1. The van der Waals surface area contributed by atoms with Crippen molar-refractivity contribution in [3.8, 4) is 0 Å². The molecule has 1 heterocycles. The van der Waals surface area contributed by atoms with Gasteiger partial charge in [0.2, 0.25) is 0 Å². The summed E-state index contributed by atoms with van der Waals surface area (Å²) in [7, 11) is 0. The number of carboxylic acid groups (broad SMARTS) is 1. The number of hydrogen-bond acceptors (Lipinski definition) is 4. The van der Waals surface area contributed by atoms with Gasteiger partial charge in [0.25, 0.3) is 0 Å². The second kappa shape index (κ2) is 9.84. The zero-order valence-electron chi connectivity index (χ0n) is 15.7. The number of rotatable bonds is 3. The maximum Gasteiger partial charge on any atom is 0.490 e. The van der Waals surface area contributed by atoms with E-state index in [1.54, 1.807) is 0 Å². The average Bonchev–Trinajstić information content (AvgIpc) is 2.62. The second-order valence-electron chi connectivity index (χ2n) is 6.43. The van der Waals surface area contributed by atoms with Crippen LogP contribution >= 0.6 is 11.8 Å². The molecular formula is C20H23F3N2O2S. The molecule has 0 spiro atoms. The van der Waals surface area contributed by atoms with E-state index >= 15 is 0 Å². The van der Waals surface area contributed by atoms with Crippen LogP contribution in [0.25, 0.3) is 0 Å². The highest BCUT2D eigenvalue weighted by Gasteiger charge is 2.38. The number of carboxylic acids is 1. The number of nitrogens with one attached hydrogen (secondary N) is 1. The fraction of sp³-hybridized carbons (Fsp3) is 0.350. The maximum absolute atomic E-state index is 10.6. The van der Waals surface area contributed by atoms with Crippen molar-refractivity contribution in [2.75, 3.05) is 31.1 Å². The first kappa shape index (κ1) is 22.1. The van der Waals surface area contributed by atoms with E-state index < -0.39 is 12.1 Å². The van der Waals surface area contributed by atoms with Gasteiger partial charge in [-0.15, -0.1) is 0 Å². The monoisotopic (exact) mass is 412 g/mol. The van der Waals surface area contributed by atoms with Crippen LogP contribution in [0.2, 0.25) is 0 Å². The minimum atomic E-state index is -5.08. The van der Waals surface area contributed by atoms with Crippen molar-refractivity contribution >= 4 is 23.4 Å². The van der Waals surface area contributed by atoms with Crippen molar-refractivity contribution in [2.45, 2.75) is 29.8 Å². The second-order valence-corrected chi connectivity index (χ2v) is 7.55. The number of halogens is 3. The van der Waals surface area contributed by atoms with Gasteiger partial charge in [-0.3, -0.25) is 0 Å². The van der Waals surface area contributed by atoms with Crippen LogP contribution in [0, 0.1) is 13.8 Å². The highest BCUT2D eigenvalue weighted by atomic mass is 32.2. The molecule has 2 aromatic rings. The van der Waals surface area contributed by atoms with E-state index in [9.17, 15) is 13.2 Å². The molecule has 0 amide bonds. The molecule has 152 valence electrons. The molecule has 1 aliphatic heterocycles. The predicted molar refractivity (Wildman–Crippen MR) is 105 cm³/mol. The van der Waals surface area contributed by atoms with Crippen LogP contribution in [0.15, 0.2) is 52.3 Å². The Morgan fingerprint density at radius 3 is 2.14 bits per heavy atom. The largest absolute Gasteiger partial charge is 0.490 e. The summed E-state index contributed by atoms with van der Waals surface area (Å²) >= 11 is 1.87. The lowest BCUT2D eigenvalue weighted by Gasteiger charge is -2.31. The maximum atomic E-state index is 10.6. The molecule has 0 saturated carbocycles. The van der Waals surface area contributed by atoms with Crippen LogP contribution < -0.4 is 10.2 Å². The van der Waals surface area contributed by atoms with Crippen molar-refractivity contribution in [1.82, 2.24) is 5.32 Å². The minimum absolute atomic E-state index is 1.07. The summed E-state index contributed by atoms with van der Waals surface area (Å²) in [5.74, 6) is -2.76. The number of nitrogens with zero attached hydrogens (tertiary/aromatic N) is 1. The Morgan fingerprint density at radius 1 is 1.07 bits per heavy atom. The fourth-order valence-corrected chi connectivity index (χ4v) is 4.02. The van der Waals surface area contributed by atoms with E-state index in [2.05, 4.69) is 66.5 Å².